The van der Waals surface area contributed by atoms with Crippen LogP contribution in [0.1, 0.15) is 23.9 Å². The number of aliphatic carboxylic acids is 1. The van der Waals surface area contributed by atoms with Gasteiger partial charge in [-0.2, -0.15) is 0 Å². The first-order valence-electron chi connectivity index (χ1n) is 6.03. The van der Waals surface area contributed by atoms with Gasteiger partial charge in [-0.3, -0.25) is 4.98 Å². The van der Waals surface area contributed by atoms with Crippen LogP contribution in [0.2, 0.25) is 0 Å². The summed E-state index contributed by atoms with van der Waals surface area (Å²) in [5.74, 6) is -0.949. The van der Waals surface area contributed by atoms with E-state index in [2.05, 4.69) is 16.9 Å². The van der Waals surface area contributed by atoms with Crippen molar-refractivity contribution >= 4 is 23.4 Å². The number of thiazole rings is 1. The first-order valence-corrected chi connectivity index (χ1v) is 6.84. The third kappa shape index (κ3) is 3.48. The van der Waals surface area contributed by atoms with E-state index >= 15 is 0 Å². The fraction of sp³-hybridized carbons (Fsp3) is 0.214. The Morgan fingerprint density at radius 2 is 2.32 bits per heavy atom. The zero-order valence-corrected chi connectivity index (χ0v) is 11.4. The molecule has 0 fully saturated rings. The molecule has 0 amide bonds. The van der Waals surface area contributed by atoms with Gasteiger partial charge >= 0.3 is 5.97 Å². The summed E-state index contributed by atoms with van der Waals surface area (Å²) in [6.45, 7) is 2.07. The summed E-state index contributed by atoms with van der Waals surface area (Å²) in [7, 11) is 0. The number of hydrogen-bond acceptors (Lipinski definition) is 4. The fourth-order valence-electron chi connectivity index (χ4n) is 1.66. The molecular formula is C14H14N2O2S. The first-order chi connectivity index (χ1) is 9.20. The van der Waals surface area contributed by atoms with Gasteiger partial charge in [0.15, 0.2) is 0 Å². The number of carboxylic acids is 1. The number of pyridine rings is 1. The minimum Gasteiger partial charge on any atom is -0.478 e. The Morgan fingerprint density at radius 3 is 2.95 bits per heavy atom. The zero-order chi connectivity index (χ0) is 13.7. The Hall–Kier alpha value is -2.01. The van der Waals surface area contributed by atoms with Gasteiger partial charge < -0.3 is 5.11 Å². The summed E-state index contributed by atoms with van der Waals surface area (Å²) in [5, 5.41) is 9.53. The second-order valence-corrected chi connectivity index (χ2v) is 5.00. The van der Waals surface area contributed by atoms with E-state index in [1.54, 1.807) is 12.3 Å². The summed E-state index contributed by atoms with van der Waals surface area (Å²) >= 11 is 1.47. The lowest BCUT2D eigenvalue weighted by molar-refractivity contribution is -0.131. The van der Waals surface area contributed by atoms with Crippen molar-refractivity contribution in [1.82, 2.24) is 9.97 Å². The largest absolute Gasteiger partial charge is 0.478 e. The van der Waals surface area contributed by atoms with Gasteiger partial charge in [-0.1, -0.05) is 19.4 Å². The van der Waals surface area contributed by atoms with Crippen LogP contribution < -0.4 is 0 Å². The van der Waals surface area contributed by atoms with Gasteiger partial charge in [0.1, 0.15) is 5.01 Å². The van der Waals surface area contributed by atoms with Crippen molar-refractivity contribution in [3.05, 3.63) is 41.0 Å². The molecule has 0 atom stereocenters. The lowest BCUT2D eigenvalue weighted by Crippen LogP contribution is -1.89. The number of carbonyl (C=O) groups is 1. The van der Waals surface area contributed by atoms with Crippen molar-refractivity contribution in [1.29, 1.82) is 0 Å². The summed E-state index contributed by atoms with van der Waals surface area (Å²) in [6, 6.07) is 5.67. The molecule has 0 bridgehead atoms. The van der Waals surface area contributed by atoms with E-state index in [1.807, 2.05) is 18.2 Å². The van der Waals surface area contributed by atoms with Crippen molar-refractivity contribution in [2.75, 3.05) is 0 Å². The summed E-state index contributed by atoms with van der Waals surface area (Å²) < 4.78 is 0. The maximum absolute atomic E-state index is 10.6. The van der Waals surface area contributed by atoms with Crippen LogP contribution in [0.15, 0.2) is 30.5 Å². The molecule has 2 heterocycles. The molecule has 0 spiro atoms. The van der Waals surface area contributed by atoms with Crippen LogP contribution in [-0.4, -0.2) is 21.0 Å². The number of aromatic nitrogens is 2. The highest BCUT2D eigenvalue weighted by molar-refractivity contribution is 7.16. The third-order valence-electron chi connectivity index (χ3n) is 2.48. The van der Waals surface area contributed by atoms with Crippen molar-refractivity contribution in [3.63, 3.8) is 0 Å². The molecule has 0 saturated carbocycles. The van der Waals surface area contributed by atoms with Crippen LogP contribution in [0.4, 0.5) is 0 Å². The number of carboxylic acid groups (broad SMARTS) is 1. The van der Waals surface area contributed by atoms with E-state index in [9.17, 15) is 4.79 Å². The molecule has 1 N–H and O–H groups in total. The molecule has 0 aliphatic rings. The standard InChI is InChI=1S/C14H14N2O2S/c1-2-5-10-12(7-8-13(17)18)19-14(16-10)11-6-3-4-9-15-11/h3-4,6-9H,2,5H2,1H3,(H,17,18)/b8-7+. The topological polar surface area (TPSA) is 63.1 Å². The molecule has 0 saturated heterocycles. The molecule has 19 heavy (non-hydrogen) atoms. The highest BCUT2D eigenvalue weighted by Crippen LogP contribution is 2.28. The molecule has 0 aliphatic heterocycles. The van der Waals surface area contributed by atoms with Gasteiger partial charge in [0.25, 0.3) is 0 Å². The van der Waals surface area contributed by atoms with E-state index in [-0.39, 0.29) is 0 Å². The maximum Gasteiger partial charge on any atom is 0.328 e. The molecular weight excluding hydrogens is 260 g/mol. The molecule has 0 aliphatic carbocycles. The predicted molar refractivity (Wildman–Crippen MR) is 76.0 cm³/mol. The van der Waals surface area contributed by atoms with Crippen molar-refractivity contribution in [2.24, 2.45) is 0 Å². The lowest BCUT2D eigenvalue weighted by atomic mass is 10.2. The minimum absolute atomic E-state index is 0.819. The molecule has 0 radical (unpaired) electrons. The molecule has 5 heteroatoms. The van der Waals surface area contributed by atoms with E-state index in [0.717, 1.165) is 40.2 Å². The van der Waals surface area contributed by atoms with E-state index in [0.29, 0.717) is 0 Å². The normalized spacial score (nSPS) is 11.0. The average Bonchev–Trinajstić information content (AvgIpc) is 2.81. The quantitative estimate of drug-likeness (QED) is 0.850. The highest BCUT2D eigenvalue weighted by atomic mass is 32.1. The maximum atomic E-state index is 10.6. The Kier molecular flexibility index (Phi) is 4.41. The number of nitrogens with zero attached hydrogens (tertiary/aromatic N) is 2. The van der Waals surface area contributed by atoms with E-state index in [1.165, 1.54) is 11.3 Å². The summed E-state index contributed by atoms with van der Waals surface area (Å²) in [5.41, 5.74) is 1.76. The summed E-state index contributed by atoms with van der Waals surface area (Å²) in [4.78, 5) is 20.3. The number of hydrogen-bond donors (Lipinski definition) is 1. The second kappa shape index (κ2) is 6.24. The average molecular weight is 274 g/mol. The van der Waals surface area contributed by atoms with Crippen LogP contribution in [0.3, 0.4) is 0 Å². The molecule has 98 valence electrons. The Bertz CT molecular complexity index is 591. The Labute approximate surface area is 115 Å². The first kappa shape index (κ1) is 13.4. The van der Waals surface area contributed by atoms with E-state index < -0.39 is 5.97 Å². The smallest absolute Gasteiger partial charge is 0.328 e. The van der Waals surface area contributed by atoms with Gasteiger partial charge in [-0.15, -0.1) is 11.3 Å². The number of rotatable bonds is 5. The predicted octanol–water partition coefficient (Wildman–Crippen LogP) is 3.26. The SMILES string of the molecule is CCCc1nc(-c2ccccn2)sc1/C=C/C(=O)O. The van der Waals surface area contributed by atoms with Crippen LogP contribution in [0.25, 0.3) is 16.8 Å². The molecule has 2 aromatic heterocycles. The van der Waals surface area contributed by atoms with Crippen LogP contribution in [0, 0.1) is 0 Å². The Balaban J connectivity index is 2.37. The Morgan fingerprint density at radius 1 is 1.47 bits per heavy atom. The van der Waals surface area contributed by atoms with Gasteiger partial charge in [0.05, 0.1) is 16.3 Å². The third-order valence-corrected chi connectivity index (χ3v) is 3.56. The second-order valence-electron chi connectivity index (χ2n) is 3.97. The van der Waals surface area contributed by atoms with Crippen molar-refractivity contribution < 1.29 is 9.90 Å². The lowest BCUT2D eigenvalue weighted by Gasteiger charge is -1.93. The van der Waals surface area contributed by atoms with Gasteiger partial charge in [0, 0.05) is 12.3 Å². The highest BCUT2D eigenvalue weighted by Gasteiger charge is 2.10. The monoisotopic (exact) mass is 274 g/mol. The molecule has 2 aromatic rings. The van der Waals surface area contributed by atoms with Gasteiger partial charge in [-0.05, 0) is 24.6 Å². The van der Waals surface area contributed by atoms with Crippen LogP contribution >= 0.6 is 11.3 Å². The van der Waals surface area contributed by atoms with Gasteiger partial charge in [-0.25, -0.2) is 9.78 Å². The molecule has 0 aromatic carbocycles. The molecule has 2 rings (SSSR count). The molecule has 4 nitrogen and oxygen atoms in total. The van der Waals surface area contributed by atoms with Crippen molar-refractivity contribution in [2.45, 2.75) is 19.8 Å². The zero-order valence-electron chi connectivity index (χ0n) is 10.5. The fourth-order valence-corrected chi connectivity index (χ4v) is 2.65. The minimum atomic E-state index is -0.949. The molecule has 0 unspecified atom stereocenters. The van der Waals surface area contributed by atoms with Gasteiger partial charge in [0.2, 0.25) is 0 Å². The van der Waals surface area contributed by atoms with Crippen LogP contribution in [0.5, 0.6) is 0 Å². The van der Waals surface area contributed by atoms with Crippen LogP contribution in [-0.2, 0) is 11.2 Å². The van der Waals surface area contributed by atoms with Crippen molar-refractivity contribution in [3.8, 4) is 10.7 Å². The number of aryl methyl sites for hydroxylation is 1. The van der Waals surface area contributed by atoms with E-state index in [4.69, 9.17) is 5.11 Å². The summed E-state index contributed by atoms with van der Waals surface area (Å²) in [6.07, 6.45) is 6.29.